The van der Waals surface area contributed by atoms with Gasteiger partial charge in [0.2, 0.25) is 0 Å². The van der Waals surface area contributed by atoms with E-state index < -0.39 is 12.1 Å². The van der Waals surface area contributed by atoms with Crippen LogP contribution in [0.4, 0.5) is 4.79 Å². The summed E-state index contributed by atoms with van der Waals surface area (Å²) in [7, 11) is 0. The van der Waals surface area contributed by atoms with Crippen LogP contribution in [-0.4, -0.2) is 24.7 Å². The third-order valence-corrected chi connectivity index (χ3v) is 4.40. The number of fused-ring (bicyclic) bond motifs is 3. The number of nitrogens with one attached hydrogen (secondary N) is 1. The van der Waals surface area contributed by atoms with E-state index >= 15 is 0 Å². The molecule has 0 unspecified atom stereocenters. The number of ether oxygens (including phenoxy) is 1. The highest BCUT2D eigenvalue weighted by molar-refractivity contribution is 5.79. The van der Waals surface area contributed by atoms with Crippen LogP contribution in [0.2, 0.25) is 0 Å². The van der Waals surface area contributed by atoms with Gasteiger partial charge < -0.3 is 15.3 Å². The van der Waals surface area contributed by atoms with Crippen LogP contribution in [0.1, 0.15) is 36.8 Å². The first-order chi connectivity index (χ1) is 12.6. The second kappa shape index (κ2) is 8.01. The summed E-state index contributed by atoms with van der Waals surface area (Å²) in [4.78, 5) is 28.0. The molecular formula is C20H22N2O4. The summed E-state index contributed by atoms with van der Waals surface area (Å²) in [6.07, 6.45) is -0.159. The minimum atomic E-state index is -0.791. The van der Waals surface area contributed by atoms with Gasteiger partial charge in [-0.2, -0.15) is 0 Å². The minimum Gasteiger partial charge on any atom is -0.446 e. The van der Waals surface area contributed by atoms with Gasteiger partial charge in [0.15, 0.2) is 0 Å². The van der Waals surface area contributed by atoms with E-state index in [0.29, 0.717) is 6.42 Å². The molecule has 6 heteroatoms. The van der Waals surface area contributed by atoms with Crippen molar-refractivity contribution in [3.63, 3.8) is 0 Å². The van der Waals surface area contributed by atoms with Crippen molar-refractivity contribution >= 4 is 12.1 Å². The van der Waals surface area contributed by atoms with E-state index in [0.717, 1.165) is 22.3 Å². The third kappa shape index (κ3) is 4.03. The Balaban J connectivity index is 1.56. The van der Waals surface area contributed by atoms with Crippen LogP contribution in [0, 0.1) is 0 Å². The summed E-state index contributed by atoms with van der Waals surface area (Å²) < 4.78 is 5.26. The lowest BCUT2D eigenvalue weighted by molar-refractivity contribution is -0.150. The highest BCUT2D eigenvalue weighted by Gasteiger charge is 2.29. The summed E-state index contributed by atoms with van der Waals surface area (Å²) in [5, 5.41) is 0. The molecule has 0 aliphatic heterocycles. The van der Waals surface area contributed by atoms with Crippen LogP contribution in [0.15, 0.2) is 48.5 Å². The van der Waals surface area contributed by atoms with Gasteiger partial charge in [-0.05, 0) is 35.6 Å². The Hall–Kier alpha value is -2.86. The van der Waals surface area contributed by atoms with Crippen molar-refractivity contribution in [3.05, 3.63) is 59.7 Å². The first-order valence-electron chi connectivity index (χ1n) is 8.62. The number of amides is 1. The van der Waals surface area contributed by atoms with Gasteiger partial charge in [0.25, 0.3) is 0 Å². The van der Waals surface area contributed by atoms with Crippen molar-refractivity contribution < 1.29 is 19.2 Å². The number of hydrogen-bond donors (Lipinski definition) is 2. The molecule has 6 nitrogen and oxygen atoms in total. The summed E-state index contributed by atoms with van der Waals surface area (Å²) in [6.45, 7) is 1.96. The zero-order chi connectivity index (χ0) is 18.5. The van der Waals surface area contributed by atoms with E-state index in [9.17, 15) is 9.59 Å². The fraction of sp³-hybridized carbons (Fsp3) is 0.300. The minimum absolute atomic E-state index is 0.0399. The van der Waals surface area contributed by atoms with Gasteiger partial charge in [-0.15, -0.1) is 5.48 Å². The lowest BCUT2D eigenvalue weighted by atomic mass is 9.98. The van der Waals surface area contributed by atoms with Crippen LogP contribution in [-0.2, 0) is 14.4 Å². The second-order valence-electron chi connectivity index (χ2n) is 6.42. The standard InChI is InChI=1S/C20H22N2O4/c1-13(21)10-11-19(23)26-22-20(24)25-12-18-16-8-4-2-6-14(16)15-7-3-5-9-17(15)18/h2-9,13,18H,10-12,21H2,1H3,(H,22,24)/t13-/m0/s1. The van der Waals surface area contributed by atoms with Crippen molar-refractivity contribution in [1.29, 1.82) is 0 Å². The summed E-state index contributed by atoms with van der Waals surface area (Å²) >= 11 is 0. The smallest absolute Gasteiger partial charge is 0.440 e. The predicted octanol–water partition coefficient (Wildman–Crippen LogP) is 3.11. The van der Waals surface area contributed by atoms with Gasteiger partial charge in [0, 0.05) is 18.4 Å². The Morgan fingerprint density at radius 2 is 1.65 bits per heavy atom. The number of carbonyl (C=O) groups is 2. The molecule has 0 heterocycles. The molecule has 1 atom stereocenters. The number of nitrogens with two attached hydrogens (primary N) is 1. The number of hydrogen-bond acceptors (Lipinski definition) is 5. The maximum absolute atomic E-state index is 11.8. The largest absolute Gasteiger partial charge is 0.446 e. The van der Waals surface area contributed by atoms with Crippen molar-refractivity contribution in [3.8, 4) is 11.1 Å². The van der Waals surface area contributed by atoms with Crippen molar-refractivity contribution in [2.45, 2.75) is 31.7 Å². The van der Waals surface area contributed by atoms with Gasteiger partial charge in [-0.3, -0.25) is 0 Å². The number of carbonyl (C=O) groups excluding carboxylic acids is 2. The lowest BCUT2D eigenvalue weighted by Crippen LogP contribution is -2.29. The Kier molecular flexibility index (Phi) is 5.53. The van der Waals surface area contributed by atoms with Gasteiger partial charge in [0.1, 0.15) is 6.61 Å². The average molecular weight is 354 g/mol. The molecule has 0 saturated carbocycles. The first kappa shape index (κ1) is 17.9. The first-order valence-corrected chi connectivity index (χ1v) is 8.62. The van der Waals surface area contributed by atoms with Crippen LogP contribution in [0.3, 0.4) is 0 Å². The lowest BCUT2D eigenvalue weighted by Gasteiger charge is -2.14. The maximum atomic E-state index is 11.8. The molecule has 0 fully saturated rings. The molecule has 1 amide bonds. The summed E-state index contributed by atoms with van der Waals surface area (Å²) in [5.74, 6) is -0.585. The van der Waals surface area contributed by atoms with Crippen molar-refractivity contribution in [2.24, 2.45) is 5.73 Å². The predicted molar refractivity (Wildman–Crippen MR) is 97.2 cm³/mol. The van der Waals surface area contributed by atoms with Crippen LogP contribution >= 0.6 is 0 Å². The highest BCUT2D eigenvalue weighted by Crippen LogP contribution is 2.44. The summed E-state index contributed by atoms with van der Waals surface area (Å²) in [5.41, 5.74) is 12.1. The Morgan fingerprint density at radius 1 is 1.08 bits per heavy atom. The Morgan fingerprint density at radius 3 is 2.23 bits per heavy atom. The fourth-order valence-corrected chi connectivity index (χ4v) is 3.12. The molecule has 3 rings (SSSR count). The summed E-state index contributed by atoms with van der Waals surface area (Å²) in [6, 6.07) is 16.0. The van der Waals surface area contributed by atoms with Crippen molar-refractivity contribution in [1.82, 2.24) is 5.48 Å². The van der Waals surface area contributed by atoms with E-state index in [4.69, 9.17) is 10.5 Å². The molecule has 0 spiro atoms. The number of hydroxylamine groups is 1. The van der Waals surface area contributed by atoms with E-state index in [1.165, 1.54) is 0 Å². The number of rotatable bonds is 5. The molecule has 0 saturated heterocycles. The van der Waals surface area contributed by atoms with Crippen LogP contribution in [0.5, 0.6) is 0 Å². The van der Waals surface area contributed by atoms with Crippen LogP contribution in [0.25, 0.3) is 11.1 Å². The van der Waals surface area contributed by atoms with Crippen LogP contribution < -0.4 is 11.2 Å². The van der Waals surface area contributed by atoms with Gasteiger partial charge in [-0.1, -0.05) is 48.5 Å². The number of benzene rings is 2. The molecule has 1 aliphatic carbocycles. The molecule has 1 aliphatic rings. The molecule has 2 aromatic rings. The van der Waals surface area contributed by atoms with Crippen molar-refractivity contribution in [2.75, 3.05) is 6.61 Å². The van der Waals surface area contributed by atoms with E-state index in [2.05, 4.69) is 17.0 Å². The van der Waals surface area contributed by atoms with E-state index in [1.54, 1.807) is 6.92 Å². The molecule has 3 N–H and O–H groups in total. The topological polar surface area (TPSA) is 90.7 Å². The fourth-order valence-electron chi connectivity index (χ4n) is 3.12. The second-order valence-corrected chi connectivity index (χ2v) is 6.42. The normalized spacial score (nSPS) is 13.5. The SMILES string of the molecule is C[C@H](N)CCC(=O)ONC(=O)OCC1c2ccccc2-c2ccccc21. The van der Waals surface area contributed by atoms with Gasteiger partial charge >= 0.3 is 12.1 Å². The maximum Gasteiger partial charge on any atom is 0.440 e. The average Bonchev–Trinajstić information content (AvgIpc) is 2.97. The third-order valence-electron chi connectivity index (χ3n) is 4.40. The molecule has 0 aromatic heterocycles. The zero-order valence-electron chi connectivity index (χ0n) is 14.6. The monoisotopic (exact) mass is 354 g/mol. The quantitative estimate of drug-likeness (QED) is 0.805. The molecular weight excluding hydrogens is 332 g/mol. The molecule has 0 radical (unpaired) electrons. The van der Waals surface area contributed by atoms with E-state index in [-0.39, 0.29) is 25.0 Å². The van der Waals surface area contributed by atoms with Gasteiger partial charge in [-0.25, -0.2) is 9.59 Å². The Bertz CT molecular complexity index is 758. The zero-order valence-corrected chi connectivity index (χ0v) is 14.6. The van der Waals surface area contributed by atoms with E-state index in [1.807, 2.05) is 41.9 Å². The Labute approximate surface area is 152 Å². The molecule has 136 valence electrons. The van der Waals surface area contributed by atoms with Gasteiger partial charge in [0.05, 0.1) is 0 Å². The molecule has 2 aromatic carbocycles. The molecule has 26 heavy (non-hydrogen) atoms. The molecule has 0 bridgehead atoms. The highest BCUT2D eigenvalue weighted by atomic mass is 16.7.